The van der Waals surface area contributed by atoms with Crippen LogP contribution in [-0.4, -0.2) is 8.42 Å². The first kappa shape index (κ1) is 11.9. The van der Waals surface area contributed by atoms with Gasteiger partial charge in [-0.05, 0) is 18.2 Å². The fourth-order valence-corrected chi connectivity index (χ4v) is 1.44. The van der Waals surface area contributed by atoms with Crippen LogP contribution >= 0.6 is 0 Å². The van der Waals surface area contributed by atoms with Gasteiger partial charge in [-0.3, -0.25) is 0 Å². The summed E-state index contributed by atoms with van der Waals surface area (Å²) in [5.74, 6) is -1.56. The van der Waals surface area contributed by atoms with Gasteiger partial charge in [-0.1, -0.05) is 0 Å². The van der Waals surface area contributed by atoms with Crippen molar-refractivity contribution in [1.29, 1.82) is 0 Å². The van der Waals surface area contributed by atoms with Crippen molar-refractivity contribution in [1.82, 2.24) is 0 Å². The molecule has 0 aliphatic rings. The molecule has 0 heterocycles. The van der Waals surface area contributed by atoms with Crippen LogP contribution in [0, 0.1) is 5.82 Å². The summed E-state index contributed by atoms with van der Waals surface area (Å²) in [6.07, 6.45) is -4.85. The van der Waals surface area contributed by atoms with E-state index in [0.29, 0.717) is 6.07 Å². The Labute approximate surface area is 81.5 Å². The average Bonchev–Trinajstić information content (AvgIpc) is 2.00. The van der Waals surface area contributed by atoms with E-state index in [0.717, 1.165) is 0 Å². The van der Waals surface area contributed by atoms with Crippen LogP contribution < -0.4 is 0 Å². The van der Waals surface area contributed by atoms with E-state index in [9.17, 15) is 29.9 Å². The first-order valence-corrected chi connectivity index (χ1v) is 4.82. The minimum absolute atomic E-state index is 0.0926. The monoisotopic (exact) mass is 246 g/mol. The second-order valence-corrected chi connectivity index (χ2v) is 3.90. The molecule has 0 N–H and O–H groups in total. The number of hydrogen-bond acceptors (Lipinski definition) is 2. The summed E-state index contributed by atoms with van der Waals surface area (Å²) in [7, 11) is -5.49. The molecule has 84 valence electrons. The molecule has 0 unspecified atom stereocenters. The molecule has 0 aliphatic carbocycles. The van der Waals surface area contributed by atoms with Crippen LogP contribution in [0.1, 0.15) is 5.56 Å². The molecule has 15 heavy (non-hydrogen) atoms. The van der Waals surface area contributed by atoms with Crippen molar-refractivity contribution in [2.75, 3.05) is 0 Å². The zero-order valence-electron chi connectivity index (χ0n) is 6.85. The third-order valence-electron chi connectivity index (χ3n) is 1.52. The largest absolute Gasteiger partial charge is 0.416 e. The minimum atomic E-state index is -5.49. The molecule has 1 rings (SSSR count). The summed E-state index contributed by atoms with van der Waals surface area (Å²) in [5, 5.41) is 0. The molecule has 0 fully saturated rings. The maximum Gasteiger partial charge on any atom is 0.416 e. The second kappa shape index (κ2) is 3.44. The highest BCUT2D eigenvalue weighted by Crippen LogP contribution is 2.31. The molecular weight excluding hydrogens is 243 g/mol. The maximum absolute atomic E-state index is 12.7. The Morgan fingerprint density at radius 3 is 2.07 bits per heavy atom. The fourth-order valence-electron chi connectivity index (χ4n) is 0.867. The summed E-state index contributed by atoms with van der Waals surface area (Å²) < 4.78 is 81.6. The van der Waals surface area contributed by atoms with Gasteiger partial charge >= 0.3 is 16.4 Å². The normalized spacial score (nSPS) is 12.9. The van der Waals surface area contributed by atoms with E-state index in [2.05, 4.69) is 0 Å². The first-order valence-electron chi connectivity index (χ1n) is 3.44. The van der Waals surface area contributed by atoms with Crippen molar-refractivity contribution >= 4 is 10.2 Å². The molecule has 0 bridgehead atoms. The number of hydrogen-bond donors (Lipinski definition) is 0. The molecule has 0 saturated carbocycles. The van der Waals surface area contributed by atoms with Crippen LogP contribution in [0.25, 0.3) is 0 Å². The molecule has 2 nitrogen and oxygen atoms in total. The maximum atomic E-state index is 12.7. The van der Waals surface area contributed by atoms with Gasteiger partial charge in [-0.25, -0.2) is 4.39 Å². The van der Waals surface area contributed by atoms with Crippen molar-refractivity contribution in [3.05, 3.63) is 29.6 Å². The van der Waals surface area contributed by atoms with E-state index >= 15 is 0 Å². The Morgan fingerprint density at radius 2 is 1.67 bits per heavy atom. The summed E-state index contributed by atoms with van der Waals surface area (Å²) in [4.78, 5) is -1.61. The van der Waals surface area contributed by atoms with Crippen LogP contribution in [0.3, 0.4) is 0 Å². The van der Waals surface area contributed by atoms with Crippen LogP contribution in [0.4, 0.5) is 21.4 Å². The molecule has 0 aliphatic heterocycles. The van der Waals surface area contributed by atoms with Gasteiger partial charge in [0.15, 0.2) is 0 Å². The standard InChI is InChI=1S/C7H3F5O2S/c8-5-2-1-4(7(9,10)11)3-6(5)15(12,13)14/h1-3H. The van der Waals surface area contributed by atoms with E-state index in [-0.39, 0.29) is 12.1 Å². The number of halogens is 5. The van der Waals surface area contributed by atoms with E-state index < -0.39 is 32.7 Å². The van der Waals surface area contributed by atoms with Crippen molar-refractivity contribution < 1.29 is 29.9 Å². The lowest BCUT2D eigenvalue weighted by Gasteiger charge is -2.07. The minimum Gasteiger partial charge on any atom is -0.205 e. The van der Waals surface area contributed by atoms with Gasteiger partial charge in [0.25, 0.3) is 0 Å². The third-order valence-corrected chi connectivity index (χ3v) is 2.36. The lowest BCUT2D eigenvalue weighted by Crippen LogP contribution is -2.07. The summed E-state index contributed by atoms with van der Waals surface area (Å²) in [6, 6.07) is 0.476. The van der Waals surface area contributed by atoms with Gasteiger partial charge in [0.2, 0.25) is 0 Å². The first-order chi connectivity index (χ1) is 6.62. The summed E-state index contributed by atoms with van der Waals surface area (Å²) >= 11 is 0. The number of alkyl halides is 3. The molecule has 0 radical (unpaired) electrons. The lowest BCUT2D eigenvalue weighted by molar-refractivity contribution is -0.137. The van der Waals surface area contributed by atoms with Gasteiger partial charge in [-0.2, -0.15) is 21.6 Å². The van der Waals surface area contributed by atoms with Crippen LogP contribution in [0.15, 0.2) is 23.1 Å². The Kier molecular flexibility index (Phi) is 2.73. The number of rotatable bonds is 1. The molecular formula is C7H3F5O2S. The molecule has 0 atom stereocenters. The SMILES string of the molecule is O=S(=O)(F)c1cc(C(F)(F)F)ccc1F. The topological polar surface area (TPSA) is 34.1 Å². The highest BCUT2D eigenvalue weighted by molar-refractivity contribution is 7.86. The third kappa shape index (κ3) is 2.65. The highest BCUT2D eigenvalue weighted by Gasteiger charge is 2.32. The lowest BCUT2D eigenvalue weighted by atomic mass is 10.2. The van der Waals surface area contributed by atoms with Crippen LogP contribution in [0.5, 0.6) is 0 Å². The van der Waals surface area contributed by atoms with E-state index in [1.54, 1.807) is 0 Å². The van der Waals surface area contributed by atoms with Crippen LogP contribution in [-0.2, 0) is 16.4 Å². The van der Waals surface area contributed by atoms with E-state index in [4.69, 9.17) is 0 Å². The van der Waals surface area contributed by atoms with Crippen LogP contribution in [0.2, 0.25) is 0 Å². The average molecular weight is 246 g/mol. The molecule has 8 heteroatoms. The molecule has 0 amide bonds. The van der Waals surface area contributed by atoms with Gasteiger partial charge in [0.1, 0.15) is 10.7 Å². The molecule has 1 aromatic rings. The van der Waals surface area contributed by atoms with Gasteiger partial charge in [-0.15, -0.1) is 3.89 Å². The summed E-state index contributed by atoms with van der Waals surface area (Å²) in [5.41, 5.74) is -1.43. The second-order valence-electron chi connectivity index (χ2n) is 2.58. The van der Waals surface area contributed by atoms with E-state index in [1.165, 1.54) is 0 Å². The highest BCUT2D eigenvalue weighted by atomic mass is 32.3. The Hall–Kier alpha value is -1.18. The Bertz CT molecular complexity index is 477. The zero-order valence-corrected chi connectivity index (χ0v) is 7.66. The molecule has 1 aromatic carbocycles. The molecule has 0 aromatic heterocycles. The smallest absolute Gasteiger partial charge is 0.205 e. The predicted molar refractivity (Wildman–Crippen MR) is 39.7 cm³/mol. The fraction of sp³-hybridized carbons (Fsp3) is 0.143. The van der Waals surface area contributed by atoms with Gasteiger partial charge in [0, 0.05) is 0 Å². The Balaban J connectivity index is 3.43. The predicted octanol–water partition coefficient (Wildman–Crippen LogP) is 2.50. The van der Waals surface area contributed by atoms with Gasteiger partial charge < -0.3 is 0 Å². The van der Waals surface area contributed by atoms with Crippen molar-refractivity contribution in [3.8, 4) is 0 Å². The zero-order chi connectivity index (χ0) is 11.9. The quantitative estimate of drug-likeness (QED) is 0.563. The number of benzene rings is 1. The molecule has 0 saturated heterocycles. The summed E-state index contributed by atoms with van der Waals surface area (Å²) in [6.45, 7) is 0. The van der Waals surface area contributed by atoms with Crippen molar-refractivity contribution in [2.24, 2.45) is 0 Å². The van der Waals surface area contributed by atoms with Gasteiger partial charge in [0.05, 0.1) is 5.56 Å². The van der Waals surface area contributed by atoms with Crippen molar-refractivity contribution in [2.45, 2.75) is 11.1 Å². The molecule has 0 spiro atoms. The van der Waals surface area contributed by atoms with E-state index in [1.807, 2.05) is 0 Å². The Morgan fingerprint density at radius 1 is 1.13 bits per heavy atom. The van der Waals surface area contributed by atoms with Crippen molar-refractivity contribution in [3.63, 3.8) is 0 Å².